The number of aromatic nitrogens is 8. The van der Waals surface area contributed by atoms with Crippen LogP contribution in [0.1, 0.15) is 197 Å². The SMILES string of the molecule is C1CNCC(C2CCc3c(c4nc5nc(nc6[nH]c(nc7nc(nc3[nH]4)C3CC(C4CCCNC4)CCC73)C3CC(C4CCCNC4)CCC63)C3CC(C4CCCNC4)CCC53)C2)C1. The fraction of sp³-hybridized carbons (Fsp3) is 0.808. The number of piperidine rings is 4. The number of nitrogens with one attached hydrogen (secondary N) is 6. The molecule has 64 heavy (non-hydrogen) atoms. The second kappa shape index (κ2) is 17.5. The summed E-state index contributed by atoms with van der Waals surface area (Å²) in [5, 5.41) is 15.0. The lowest BCUT2D eigenvalue weighted by atomic mass is 9.68. The lowest BCUT2D eigenvalue weighted by Crippen LogP contribution is -2.36. The molecule has 12 heteroatoms. The Morgan fingerprint density at radius 1 is 0.328 bits per heavy atom. The Labute approximate surface area is 380 Å². The second-order valence-corrected chi connectivity index (χ2v) is 23.1. The molecule has 9 heterocycles. The number of aryl methyl sites for hydroxylation is 1. The summed E-state index contributed by atoms with van der Waals surface area (Å²) in [7, 11) is 0. The lowest BCUT2D eigenvalue weighted by molar-refractivity contribution is 0.178. The first-order valence-corrected chi connectivity index (χ1v) is 27.0. The van der Waals surface area contributed by atoms with Crippen molar-refractivity contribution in [2.24, 2.45) is 47.3 Å². The van der Waals surface area contributed by atoms with Crippen molar-refractivity contribution in [2.75, 3.05) is 52.4 Å². The Kier molecular flexibility index (Phi) is 11.3. The molecule has 7 aliphatic heterocycles. The molecule has 14 atom stereocenters. The molecule has 0 radical (unpaired) electrons. The Morgan fingerprint density at radius 2 is 0.766 bits per heavy atom. The average molecular weight is 869 g/mol. The molecule has 12 nitrogen and oxygen atoms in total. The maximum atomic E-state index is 5.77. The number of fused-ring (bicyclic) bond motifs is 20. The van der Waals surface area contributed by atoms with Gasteiger partial charge in [0.1, 0.15) is 46.2 Å². The van der Waals surface area contributed by atoms with E-state index in [-0.39, 0.29) is 0 Å². The highest BCUT2D eigenvalue weighted by molar-refractivity contribution is 5.66. The predicted molar refractivity (Wildman–Crippen MR) is 250 cm³/mol. The number of rotatable bonds is 4. The highest BCUT2D eigenvalue weighted by atomic mass is 15.1. The van der Waals surface area contributed by atoms with Gasteiger partial charge in [-0.3, -0.25) is 0 Å². The van der Waals surface area contributed by atoms with Crippen LogP contribution in [0.3, 0.4) is 0 Å². The molecule has 13 rings (SSSR count). The van der Waals surface area contributed by atoms with Gasteiger partial charge in [0.15, 0.2) is 0 Å². The summed E-state index contributed by atoms with van der Waals surface area (Å²) >= 11 is 0. The summed E-state index contributed by atoms with van der Waals surface area (Å²) < 4.78 is 0. The third-order valence-electron chi connectivity index (χ3n) is 19.7. The van der Waals surface area contributed by atoms with Crippen LogP contribution in [0.25, 0.3) is 11.3 Å². The van der Waals surface area contributed by atoms with Gasteiger partial charge in [-0.05, 0) is 228 Å². The molecule has 11 aliphatic rings. The highest BCUT2D eigenvalue weighted by Gasteiger charge is 2.47. The first-order chi connectivity index (χ1) is 31.7. The Balaban J connectivity index is 0.966. The molecule has 0 aromatic carbocycles. The number of hydrogen-bond acceptors (Lipinski definition) is 10. The van der Waals surface area contributed by atoms with E-state index in [4.69, 9.17) is 29.9 Å². The van der Waals surface area contributed by atoms with Gasteiger partial charge in [-0.2, -0.15) is 0 Å². The molecule has 2 aromatic rings. The van der Waals surface area contributed by atoms with Crippen molar-refractivity contribution in [3.8, 4) is 0 Å². The minimum atomic E-state index is 0.309. The van der Waals surface area contributed by atoms with Crippen molar-refractivity contribution in [3.05, 3.63) is 46.1 Å². The van der Waals surface area contributed by atoms with Gasteiger partial charge in [0.05, 0.1) is 0 Å². The van der Waals surface area contributed by atoms with Gasteiger partial charge in [-0.15, -0.1) is 0 Å². The zero-order valence-electron chi connectivity index (χ0n) is 38.6. The van der Waals surface area contributed by atoms with Gasteiger partial charge < -0.3 is 31.2 Å². The van der Waals surface area contributed by atoms with E-state index in [1.807, 2.05) is 0 Å². The maximum absolute atomic E-state index is 5.77. The molecule has 344 valence electrons. The quantitative estimate of drug-likeness (QED) is 0.180. The van der Waals surface area contributed by atoms with Crippen LogP contribution in [0.5, 0.6) is 0 Å². The van der Waals surface area contributed by atoms with Crippen LogP contribution < -0.4 is 21.3 Å². The highest BCUT2D eigenvalue weighted by Crippen LogP contribution is 2.54. The summed E-state index contributed by atoms with van der Waals surface area (Å²) in [5.74, 6) is 14.2. The van der Waals surface area contributed by atoms with E-state index in [1.165, 1.54) is 140 Å². The Hall–Kier alpha value is -3.06. The van der Waals surface area contributed by atoms with Gasteiger partial charge in [-0.1, -0.05) is 0 Å². The molecular weight excluding hydrogens is 793 g/mol. The van der Waals surface area contributed by atoms with Gasteiger partial charge in [-0.25, -0.2) is 29.9 Å². The standard InChI is InChI=1S/C52H76N12/c1-5-33(25-53-17-1)29-9-13-37-41(21-29)49-57-45(37)62-50-43-23-31(35-7-3-19-55-27-35)11-15-39(43)47(59-50)64-52-44-24-32(36-8-4-20-56-28-36)12-16-40(44)48(60-52)63-51-42-22-30(34-6-2-18-54-26-34)10-14-38(42)46(58-51)61-49/h29-39,41-43,53-56,60H,1-28H2,(H,57,58,59,61,62,63,64). The Morgan fingerprint density at radius 3 is 1.30 bits per heavy atom. The van der Waals surface area contributed by atoms with Crippen molar-refractivity contribution in [3.63, 3.8) is 0 Å². The molecule has 0 amide bonds. The van der Waals surface area contributed by atoms with Crippen molar-refractivity contribution in [1.82, 2.24) is 61.1 Å². The van der Waals surface area contributed by atoms with Gasteiger partial charge >= 0.3 is 0 Å². The first kappa shape index (κ1) is 41.2. The van der Waals surface area contributed by atoms with Crippen molar-refractivity contribution >= 4 is 11.3 Å². The molecule has 2 aromatic heterocycles. The topological polar surface area (TPSA) is 157 Å². The van der Waals surface area contributed by atoms with Crippen molar-refractivity contribution in [1.29, 1.82) is 0 Å². The first-order valence-electron chi connectivity index (χ1n) is 27.0. The van der Waals surface area contributed by atoms with Crippen LogP contribution in [-0.4, -0.2) is 92.2 Å². The molecule has 7 fully saturated rings. The van der Waals surface area contributed by atoms with Gasteiger partial charge in [0, 0.05) is 46.6 Å². The zero-order valence-corrected chi connectivity index (χ0v) is 38.6. The van der Waals surface area contributed by atoms with E-state index in [0.717, 1.165) is 128 Å². The molecule has 6 N–H and O–H groups in total. The minimum Gasteiger partial charge on any atom is -0.331 e. The molecule has 8 bridgehead atoms. The minimum absolute atomic E-state index is 0.309. The van der Waals surface area contributed by atoms with Crippen LogP contribution in [-0.2, 0) is 12.8 Å². The van der Waals surface area contributed by atoms with E-state index in [2.05, 4.69) is 31.2 Å². The number of nitrogens with zero attached hydrogens (tertiary/aromatic N) is 6. The van der Waals surface area contributed by atoms with Crippen LogP contribution in [0.2, 0.25) is 0 Å². The normalized spacial score (nSPS) is 39.4. The van der Waals surface area contributed by atoms with E-state index < -0.39 is 0 Å². The third kappa shape index (κ3) is 7.64. The van der Waals surface area contributed by atoms with E-state index in [1.54, 1.807) is 0 Å². The predicted octanol–water partition coefficient (Wildman–Crippen LogP) is 7.72. The molecule has 4 saturated heterocycles. The summed E-state index contributed by atoms with van der Waals surface area (Å²) in [6.45, 7) is 9.30. The molecule has 3 saturated carbocycles. The van der Waals surface area contributed by atoms with E-state index in [0.29, 0.717) is 53.3 Å². The smallest absolute Gasteiger partial charge is 0.137 e. The second-order valence-electron chi connectivity index (χ2n) is 23.1. The van der Waals surface area contributed by atoms with Gasteiger partial charge in [0.25, 0.3) is 0 Å². The Bertz CT molecular complexity index is 2210. The van der Waals surface area contributed by atoms with Gasteiger partial charge in [0.2, 0.25) is 0 Å². The van der Waals surface area contributed by atoms with E-state index in [9.17, 15) is 0 Å². The maximum Gasteiger partial charge on any atom is 0.137 e. The van der Waals surface area contributed by atoms with Crippen molar-refractivity contribution < 1.29 is 0 Å². The zero-order chi connectivity index (χ0) is 42.1. The largest absolute Gasteiger partial charge is 0.331 e. The molecule has 0 spiro atoms. The monoisotopic (exact) mass is 869 g/mol. The summed E-state index contributed by atoms with van der Waals surface area (Å²) in [6.07, 6.45) is 24.8. The molecule has 4 aliphatic carbocycles. The fourth-order valence-electron chi connectivity index (χ4n) is 16.2. The molecular formula is C52H76N12. The van der Waals surface area contributed by atoms with Crippen LogP contribution in [0.15, 0.2) is 0 Å². The average Bonchev–Trinajstić information content (AvgIpc) is 4.10. The fourth-order valence-corrected chi connectivity index (χ4v) is 16.2. The number of aromatic amines is 2. The number of H-pyrrole nitrogens is 2. The summed E-state index contributed by atoms with van der Waals surface area (Å²) in [5.41, 5.74) is 4.86. The van der Waals surface area contributed by atoms with Crippen molar-refractivity contribution in [2.45, 2.75) is 164 Å². The lowest BCUT2D eigenvalue weighted by Gasteiger charge is -2.38. The third-order valence-corrected chi connectivity index (χ3v) is 19.7. The summed E-state index contributed by atoms with van der Waals surface area (Å²) in [4.78, 5) is 42.2. The van der Waals surface area contributed by atoms with E-state index >= 15 is 0 Å². The van der Waals surface area contributed by atoms with Crippen LogP contribution >= 0.6 is 0 Å². The summed E-state index contributed by atoms with van der Waals surface area (Å²) in [6, 6.07) is 0. The van der Waals surface area contributed by atoms with Crippen LogP contribution in [0.4, 0.5) is 0 Å². The van der Waals surface area contributed by atoms with Crippen LogP contribution in [0, 0.1) is 47.3 Å². The number of hydrogen-bond donors (Lipinski definition) is 6. The molecule has 14 unspecified atom stereocenters.